The van der Waals surface area contributed by atoms with Crippen LogP contribution in [0.3, 0.4) is 0 Å². The van der Waals surface area contributed by atoms with Crippen molar-refractivity contribution in [2.75, 3.05) is 13.1 Å². The largest absolute Gasteiger partial charge is 0.315 e. The van der Waals surface area contributed by atoms with Crippen LogP contribution in [0.1, 0.15) is 46.0 Å². The summed E-state index contributed by atoms with van der Waals surface area (Å²) in [5, 5.41) is 7.04. The molecule has 0 spiro atoms. The van der Waals surface area contributed by atoms with Gasteiger partial charge in [-0.15, -0.1) is 0 Å². The molecule has 1 atom stereocenters. The molecule has 0 aromatic heterocycles. The highest BCUT2D eigenvalue weighted by atomic mass is 14.9. The Morgan fingerprint density at radius 1 is 1.38 bits per heavy atom. The van der Waals surface area contributed by atoms with E-state index in [1.807, 2.05) is 0 Å². The van der Waals surface area contributed by atoms with Crippen LogP contribution < -0.4 is 10.6 Å². The molecule has 0 amide bonds. The topological polar surface area (TPSA) is 24.1 Å². The Balaban J connectivity index is 1.92. The molecule has 1 saturated heterocycles. The highest BCUT2D eigenvalue weighted by Gasteiger charge is 2.11. The molecule has 2 heteroatoms. The van der Waals surface area contributed by atoms with E-state index >= 15 is 0 Å². The van der Waals surface area contributed by atoms with Crippen molar-refractivity contribution in [2.24, 2.45) is 0 Å². The number of rotatable bonds is 5. The minimum Gasteiger partial charge on any atom is -0.315 e. The minimum atomic E-state index is 0.638. The molecule has 1 aliphatic heterocycles. The molecule has 1 aliphatic rings. The van der Waals surface area contributed by atoms with Gasteiger partial charge in [-0.05, 0) is 38.8 Å². The summed E-state index contributed by atoms with van der Waals surface area (Å²) < 4.78 is 0. The summed E-state index contributed by atoms with van der Waals surface area (Å²) >= 11 is 0. The van der Waals surface area contributed by atoms with Crippen LogP contribution in [-0.2, 0) is 0 Å². The fourth-order valence-corrected chi connectivity index (χ4v) is 1.91. The lowest BCUT2D eigenvalue weighted by atomic mass is 10.0. The first-order valence-electron chi connectivity index (χ1n) is 5.76. The van der Waals surface area contributed by atoms with E-state index in [1.165, 1.54) is 45.2 Å². The van der Waals surface area contributed by atoms with Crippen LogP contribution in [0.15, 0.2) is 0 Å². The summed E-state index contributed by atoms with van der Waals surface area (Å²) in [6.07, 6.45) is 6.85. The summed E-state index contributed by atoms with van der Waals surface area (Å²) in [4.78, 5) is 0. The molecule has 1 heterocycles. The molecule has 78 valence electrons. The van der Waals surface area contributed by atoms with Crippen LogP contribution in [0.25, 0.3) is 0 Å². The molecule has 13 heavy (non-hydrogen) atoms. The maximum absolute atomic E-state index is 3.58. The lowest BCUT2D eigenvalue weighted by molar-refractivity contribution is 0.371. The van der Waals surface area contributed by atoms with Gasteiger partial charge in [0.15, 0.2) is 0 Å². The maximum Gasteiger partial charge on any atom is 0.00675 e. The van der Waals surface area contributed by atoms with Crippen LogP contribution in [0, 0.1) is 0 Å². The van der Waals surface area contributed by atoms with Crippen LogP contribution in [0.2, 0.25) is 0 Å². The summed E-state index contributed by atoms with van der Waals surface area (Å²) in [5.74, 6) is 0. The Hall–Kier alpha value is -0.0800. The molecular weight excluding hydrogens is 160 g/mol. The zero-order valence-electron chi connectivity index (χ0n) is 9.10. The van der Waals surface area contributed by atoms with E-state index in [9.17, 15) is 0 Å². The first-order valence-corrected chi connectivity index (χ1v) is 5.76. The van der Waals surface area contributed by atoms with Gasteiger partial charge in [0.1, 0.15) is 0 Å². The van der Waals surface area contributed by atoms with Crippen LogP contribution in [-0.4, -0.2) is 25.2 Å². The van der Waals surface area contributed by atoms with Crippen molar-refractivity contribution in [1.82, 2.24) is 10.6 Å². The van der Waals surface area contributed by atoms with Crippen LogP contribution >= 0.6 is 0 Å². The van der Waals surface area contributed by atoms with Crippen molar-refractivity contribution < 1.29 is 0 Å². The second-order valence-electron chi connectivity index (χ2n) is 4.40. The SMILES string of the molecule is CC(C)NCCCC1CCCCN1. The molecule has 0 saturated carbocycles. The fraction of sp³-hybridized carbons (Fsp3) is 1.00. The van der Waals surface area contributed by atoms with Gasteiger partial charge in [-0.1, -0.05) is 20.3 Å². The van der Waals surface area contributed by atoms with Gasteiger partial charge in [0.2, 0.25) is 0 Å². The van der Waals surface area contributed by atoms with Gasteiger partial charge >= 0.3 is 0 Å². The van der Waals surface area contributed by atoms with Crippen LogP contribution in [0.5, 0.6) is 0 Å². The Kier molecular flexibility index (Phi) is 5.40. The van der Waals surface area contributed by atoms with E-state index in [0.717, 1.165) is 6.04 Å². The maximum atomic E-state index is 3.58. The summed E-state index contributed by atoms with van der Waals surface area (Å²) in [5.41, 5.74) is 0. The molecule has 0 aliphatic carbocycles. The highest BCUT2D eigenvalue weighted by Crippen LogP contribution is 2.11. The van der Waals surface area contributed by atoms with Gasteiger partial charge in [-0.2, -0.15) is 0 Å². The van der Waals surface area contributed by atoms with E-state index in [4.69, 9.17) is 0 Å². The summed E-state index contributed by atoms with van der Waals surface area (Å²) in [7, 11) is 0. The quantitative estimate of drug-likeness (QED) is 0.638. The van der Waals surface area contributed by atoms with Gasteiger partial charge < -0.3 is 10.6 Å². The third kappa shape index (κ3) is 5.27. The van der Waals surface area contributed by atoms with Crippen LogP contribution in [0.4, 0.5) is 0 Å². The van der Waals surface area contributed by atoms with Gasteiger partial charge in [-0.3, -0.25) is 0 Å². The molecule has 1 unspecified atom stereocenters. The van der Waals surface area contributed by atoms with Gasteiger partial charge in [0.05, 0.1) is 0 Å². The first-order chi connectivity index (χ1) is 6.29. The molecule has 1 rings (SSSR count). The lowest BCUT2D eigenvalue weighted by Crippen LogP contribution is -2.34. The molecule has 1 fully saturated rings. The zero-order chi connectivity index (χ0) is 9.52. The highest BCUT2D eigenvalue weighted by molar-refractivity contribution is 4.72. The van der Waals surface area contributed by atoms with Crippen molar-refractivity contribution in [2.45, 2.75) is 58.0 Å². The Labute approximate surface area is 82.5 Å². The first kappa shape index (κ1) is 11.0. The number of hydrogen-bond donors (Lipinski definition) is 2. The molecule has 0 bridgehead atoms. The second kappa shape index (κ2) is 6.39. The molecular formula is C11H24N2. The second-order valence-corrected chi connectivity index (χ2v) is 4.40. The molecule has 0 radical (unpaired) electrons. The monoisotopic (exact) mass is 184 g/mol. The third-order valence-electron chi connectivity index (χ3n) is 2.69. The zero-order valence-corrected chi connectivity index (χ0v) is 9.10. The Morgan fingerprint density at radius 3 is 2.85 bits per heavy atom. The van der Waals surface area contributed by atoms with E-state index in [-0.39, 0.29) is 0 Å². The number of nitrogens with one attached hydrogen (secondary N) is 2. The predicted octanol–water partition coefficient (Wildman–Crippen LogP) is 1.91. The Bertz CT molecular complexity index is 117. The van der Waals surface area contributed by atoms with Crippen molar-refractivity contribution in [3.8, 4) is 0 Å². The van der Waals surface area contributed by atoms with Gasteiger partial charge in [0.25, 0.3) is 0 Å². The normalized spacial score (nSPS) is 23.8. The molecule has 2 nitrogen and oxygen atoms in total. The third-order valence-corrected chi connectivity index (χ3v) is 2.69. The summed E-state index contributed by atoms with van der Waals surface area (Å²) in [6.45, 7) is 6.83. The smallest absolute Gasteiger partial charge is 0.00675 e. The minimum absolute atomic E-state index is 0.638. The van der Waals surface area contributed by atoms with E-state index < -0.39 is 0 Å². The molecule has 0 aromatic rings. The average molecular weight is 184 g/mol. The number of hydrogen-bond acceptors (Lipinski definition) is 2. The van der Waals surface area contributed by atoms with Crippen molar-refractivity contribution >= 4 is 0 Å². The van der Waals surface area contributed by atoms with Crippen molar-refractivity contribution in [3.63, 3.8) is 0 Å². The fourth-order valence-electron chi connectivity index (χ4n) is 1.91. The molecule has 0 aromatic carbocycles. The van der Waals surface area contributed by atoms with Crippen molar-refractivity contribution in [1.29, 1.82) is 0 Å². The molecule has 2 N–H and O–H groups in total. The van der Waals surface area contributed by atoms with E-state index in [2.05, 4.69) is 24.5 Å². The number of piperidine rings is 1. The van der Waals surface area contributed by atoms with Gasteiger partial charge in [0, 0.05) is 12.1 Å². The Morgan fingerprint density at radius 2 is 2.23 bits per heavy atom. The van der Waals surface area contributed by atoms with E-state index in [0.29, 0.717) is 6.04 Å². The van der Waals surface area contributed by atoms with E-state index in [1.54, 1.807) is 0 Å². The standard InChI is InChI=1S/C11H24N2/c1-10(2)12-9-5-7-11-6-3-4-8-13-11/h10-13H,3-9H2,1-2H3. The predicted molar refractivity (Wildman–Crippen MR) is 58.0 cm³/mol. The average Bonchev–Trinajstić information content (AvgIpc) is 2.14. The van der Waals surface area contributed by atoms with Crippen molar-refractivity contribution in [3.05, 3.63) is 0 Å². The summed E-state index contributed by atoms with van der Waals surface area (Å²) in [6, 6.07) is 1.45. The van der Waals surface area contributed by atoms with Gasteiger partial charge in [-0.25, -0.2) is 0 Å². The lowest BCUT2D eigenvalue weighted by Gasteiger charge is -2.23.